The monoisotopic (exact) mass is 248 g/mol. The summed E-state index contributed by atoms with van der Waals surface area (Å²) in [6.45, 7) is 0.508. The molecule has 0 saturated heterocycles. The lowest BCUT2D eigenvalue weighted by Crippen LogP contribution is -1.97. The first-order chi connectivity index (χ1) is 8.70. The molecule has 0 atom stereocenters. The Bertz CT molecular complexity index is 551. The van der Waals surface area contributed by atoms with Crippen molar-refractivity contribution >= 4 is 5.97 Å². The van der Waals surface area contributed by atoms with E-state index in [0.717, 1.165) is 0 Å². The number of nitrogens with zero attached hydrogens (tertiary/aromatic N) is 2. The normalized spacial score (nSPS) is 10.5. The van der Waals surface area contributed by atoms with E-state index in [9.17, 15) is 4.79 Å². The molecule has 94 valence electrons. The van der Waals surface area contributed by atoms with E-state index in [4.69, 9.17) is 14.4 Å². The lowest BCUT2D eigenvalue weighted by atomic mass is 10.1. The zero-order chi connectivity index (χ0) is 13.0. The van der Waals surface area contributed by atoms with Crippen LogP contribution >= 0.6 is 0 Å². The molecule has 1 heterocycles. The van der Waals surface area contributed by atoms with Gasteiger partial charge in [0.2, 0.25) is 0 Å². The molecule has 6 heteroatoms. The molecular formula is C12H12N2O4. The van der Waals surface area contributed by atoms with E-state index >= 15 is 0 Å². The highest BCUT2D eigenvalue weighted by Gasteiger charge is 2.11. The van der Waals surface area contributed by atoms with Crippen molar-refractivity contribution in [1.29, 1.82) is 0 Å². The summed E-state index contributed by atoms with van der Waals surface area (Å²) in [5, 5.41) is 12.7. The average Bonchev–Trinajstić information content (AvgIpc) is 2.85. The Morgan fingerprint density at radius 1 is 1.50 bits per heavy atom. The van der Waals surface area contributed by atoms with Gasteiger partial charge >= 0.3 is 5.97 Å². The third kappa shape index (κ3) is 2.72. The predicted octanol–water partition coefficient (Wildman–Crippen LogP) is 1.62. The second-order valence-corrected chi connectivity index (χ2v) is 3.64. The highest BCUT2D eigenvalue weighted by molar-refractivity contribution is 5.88. The molecule has 1 N–H and O–H groups in total. The number of aromatic carboxylic acids is 1. The molecule has 0 aliphatic carbocycles. The van der Waals surface area contributed by atoms with Gasteiger partial charge in [-0.25, -0.2) is 4.79 Å². The topological polar surface area (TPSA) is 85.5 Å². The lowest BCUT2D eigenvalue weighted by molar-refractivity contribution is 0.0697. The van der Waals surface area contributed by atoms with Crippen LogP contribution in [0.2, 0.25) is 0 Å². The van der Waals surface area contributed by atoms with Crippen molar-refractivity contribution in [2.75, 3.05) is 13.7 Å². The van der Waals surface area contributed by atoms with E-state index in [1.165, 1.54) is 12.1 Å². The summed E-state index contributed by atoms with van der Waals surface area (Å²) in [6, 6.07) is 6.36. The van der Waals surface area contributed by atoms with Gasteiger partial charge in [0, 0.05) is 19.1 Å². The van der Waals surface area contributed by atoms with E-state index in [-0.39, 0.29) is 5.56 Å². The molecule has 0 spiro atoms. The maximum Gasteiger partial charge on any atom is 0.335 e. The summed E-state index contributed by atoms with van der Waals surface area (Å²) in [6.07, 6.45) is 0.554. The van der Waals surface area contributed by atoms with Crippen LogP contribution in [0.15, 0.2) is 28.8 Å². The van der Waals surface area contributed by atoms with Crippen LogP contribution in [0.25, 0.3) is 11.5 Å². The predicted molar refractivity (Wildman–Crippen MR) is 62.3 cm³/mol. The van der Waals surface area contributed by atoms with Crippen molar-refractivity contribution in [3.8, 4) is 11.5 Å². The smallest absolute Gasteiger partial charge is 0.335 e. The number of hydrogen-bond donors (Lipinski definition) is 1. The van der Waals surface area contributed by atoms with Crippen molar-refractivity contribution in [2.45, 2.75) is 6.42 Å². The van der Waals surface area contributed by atoms with Crippen molar-refractivity contribution in [1.82, 2.24) is 10.1 Å². The molecule has 0 saturated carbocycles. The van der Waals surface area contributed by atoms with Gasteiger partial charge in [-0.3, -0.25) is 0 Å². The van der Waals surface area contributed by atoms with Gasteiger partial charge in [0.15, 0.2) is 5.82 Å². The number of carbonyl (C=O) groups is 1. The minimum atomic E-state index is -0.990. The zero-order valence-corrected chi connectivity index (χ0v) is 9.79. The quantitative estimate of drug-likeness (QED) is 0.865. The largest absolute Gasteiger partial charge is 0.478 e. The van der Waals surface area contributed by atoms with Crippen LogP contribution in [0, 0.1) is 0 Å². The fourth-order valence-electron chi connectivity index (χ4n) is 1.45. The lowest BCUT2D eigenvalue weighted by Gasteiger charge is -1.96. The van der Waals surface area contributed by atoms with Crippen LogP contribution in [0.3, 0.4) is 0 Å². The van der Waals surface area contributed by atoms with E-state index in [2.05, 4.69) is 10.1 Å². The number of aromatic nitrogens is 2. The fourth-order valence-corrected chi connectivity index (χ4v) is 1.45. The summed E-state index contributed by atoms with van der Waals surface area (Å²) >= 11 is 0. The zero-order valence-electron chi connectivity index (χ0n) is 9.79. The third-order valence-electron chi connectivity index (χ3n) is 2.35. The van der Waals surface area contributed by atoms with Crippen molar-refractivity contribution in [3.05, 3.63) is 35.7 Å². The van der Waals surface area contributed by atoms with Gasteiger partial charge < -0.3 is 14.4 Å². The average molecular weight is 248 g/mol. The Hall–Kier alpha value is -2.21. The first-order valence-electron chi connectivity index (χ1n) is 5.36. The van der Waals surface area contributed by atoms with Crippen molar-refractivity contribution in [3.63, 3.8) is 0 Å². The second-order valence-electron chi connectivity index (χ2n) is 3.64. The summed E-state index contributed by atoms with van der Waals surface area (Å²) in [5.74, 6) is -0.146. The number of rotatable bonds is 5. The summed E-state index contributed by atoms with van der Waals surface area (Å²) in [5.41, 5.74) is 0.773. The van der Waals surface area contributed by atoms with Crippen LogP contribution < -0.4 is 0 Å². The van der Waals surface area contributed by atoms with Gasteiger partial charge in [0.05, 0.1) is 12.2 Å². The molecule has 0 bridgehead atoms. The molecule has 0 amide bonds. The van der Waals surface area contributed by atoms with Gasteiger partial charge in [-0.05, 0) is 18.2 Å². The minimum absolute atomic E-state index is 0.184. The first kappa shape index (κ1) is 12.3. The van der Waals surface area contributed by atoms with Crippen LogP contribution in [-0.2, 0) is 11.2 Å². The number of ether oxygens (including phenoxy) is 1. The van der Waals surface area contributed by atoms with Crippen molar-refractivity contribution < 1.29 is 19.2 Å². The van der Waals surface area contributed by atoms with Gasteiger partial charge in [-0.1, -0.05) is 11.2 Å². The summed E-state index contributed by atoms with van der Waals surface area (Å²) in [4.78, 5) is 15.0. The Morgan fingerprint density at radius 2 is 2.33 bits per heavy atom. The van der Waals surface area contributed by atoms with Crippen LogP contribution in [0.4, 0.5) is 0 Å². The maximum atomic E-state index is 10.8. The van der Waals surface area contributed by atoms with Crippen LogP contribution in [0.1, 0.15) is 16.2 Å². The molecule has 1 aromatic heterocycles. The molecule has 2 rings (SSSR count). The highest BCUT2D eigenvalue weighted by atomic mass is 16.5. The Morgan fingerprint density at radius 3 is 3.06 bits per heavy atom. The van der Waals surface area contributed by atoms with E-state index in [1.807, 2.05) is 0 Å². The molecule has 0 aliphatic heterocycles. The van der Waals surface area contributed by atoms with E-state index in [0.29, 0.717) is 30.3 Å². The summed E-state index contributed by atoms with van der Waals surface area (Å²) < 4.78 is 9.98. The maximum absolute atomic E-state index is 10.8. The molecule has 0 aliphatic rings. The number of benzene rings is 1. The Labute approximate surface area is 103 Å². The molecule has 0 radical (unpaired) electrons. The van der Waals surface area contributed by atoms with E-state index < -0.39 is 5.97 Å². The number of carboxylic acid groups (broad SMARTS) is 1. The van der Waals surface area contributed by atoms with Crippen LogP contribution in [0.5, 0.6) is 0 Å². The van der Waals surface area contributed by atoms with Gasteiger partial charge in [-0.2, -0.15) is 4.98 Å². The van der Waals surface area contributed by atoms with E-state index in [1.54, 1.807) is 19.2 Å². The fraction of sp³-hybridized carbons (Fsp3) is 0.250. The first-order valence-corrected chi connectivity index (χ1v) is 5.36. The number of hydrogen-bond acceptors (Lipinski definition) is 5. The molecule has 6 nitrogen and oxygen atoms in total. The molecule has 0 fully saturated rings. The summed E-state index contributed by atoms with van der Waals surface area (Å²) in [7, 11) is 1.59. The van der Waals surface area contributed by atoms with Crippen molar-refractivity contribution in [2.24, 2.45) is 0 Å². The molecular weight excluding hydrogens is 236 g/mol. The van der Waals surface area contributed by atoms with Gasteiger partial charge in [-0.15, -0.1) is 0 Å². The second kappa shape index (κ2) is 5.42. The molecule has 18 heavy (non-hydrogen) atoms. The Kier molecular flexibility index (Phi) is 3.69. The molecule has 1 aromatic carbocycles. The highest BCUT2D eigenvalue weighted by Crippen LogP contribution is 2.18. The SMILES string of the molecule is COCCc1noc(-c2cccc(C(=O)O)c2)n1. The minimum Gasteiger partial charge on any atom is -0.478 e. The molecule has 0 unspecified atom stereocenters. The third-order valence-corrected chi connectivity index (χ3v) is 2.35. The standard InChI is InChI=1S/C12H12N2O4/c1-17-6-5-10-13-11(18-14-10)8-3-2-4-9(7-8)12(15)16/h2-4,7H,5-6H2,1H3,(H,15,16). The Balaban J connectivity index is 2.23. The van der Waals surface area contributed by atoms with Gasteiger partial charge in [0.25, 0.3) is 5.89 Å². The number of methoxy groups -OCH3 is 1. The number of carboxylic acids is 1. The van der Waals surface area contributed by atoms with Gasteiger partial charge in [0.1, 0.15) is 0 Å². The van der Waals surface area contributed by atoms with Crippen LogP contribution in [-0.4, -0.2) is 34.9 Å². The molecule has 2 aromatic rings.